The number of hydrogen-bond donors (Lipinski definition) is 2. The maximum atomic E-state index is 14.3. The zero-order valence-corrected chi connectivity index (χ0v) is 37.5. The minimum Gasteiger partial charge on any atom is -0.481 e. The van der Waals surface area contributed by atoms with E-state index in [1.807, 2.05) is 25.2 Å². The summed E-state index contributed by atoms with van der Waals surface area (Å²) in [4.78, 5) is 60.0. The summed E-state index contributed by atoms with van der Waals surface area (Å²) in [6, 6.07) is 5.87. The maximum Gasteiger partial charge on any atom is 0.309 e. The lowest BCUT2D eigenvalue weighted by Crippen LogP contribution is -2.66. The van der Waals surface area contributed by atoms with Crippen molar-refractivity contribution >= 4 is 23.6 Å². The Bertz CT molecular complexity index is 1790. The Hall–Kier alpha value is -3.11. The highest BCUT2D eigenvalue weighted by molar-refractivity contribution is 6.00. The van der Waals surface area contributed by atoms with E-state index in [0.717, 1.165) is 62.6 Å². The summed E-state index contributed by atoms with van der Waals surface area (Å²) < 4.78 is 6.19. The van der Waals surface area contributed by atoms with E-state index in [9.17, 15) is 29.4 Å². The fraction of sp³-hybridized carbons (Fsp3) is 0.771. The van der Waals surface area contributed by atoms with E-state index in [0.29, 0.717) is 44.4 Å². The SMILES string of the molecule is CC(=O)N(C)CCN(Cc1ccccn1)CC(O)C12CCC3(C)C(CCC4C5(C)CCC(OC(=O)CC(C)(C)C(=O)O)C(C)(C)C5CCC43C)C1=C(C(C)C)C(=O)C2. The number of carbonyl (C=O) groups is 4. The normalized spacial score (nSPS) is 34.8. The van der Waals surface area contributed by atoms with E-state index in [-0.39, 0.29) is 57.7 Å². The predicted molar refractivity (Wildman–Crippen MR) is 224 cm³/mol. The Morgan fingerprint density at radius 2 is 1.66 bits per heavy atom. The van der Waals surface area contributed by atoms with Crippen LogP contribution in [0, 0.1) is 56.2 Å². The molecule has 5 aliphatic carbocycles. The second kappa shape index (κ2) is 15.7. The molecule has 4 saturated carbocycles. The van der Waals surface area contributed by atoms with Gasteiger partial charge in [-0.15, -0.1) is 0 Å². The van der Waals surface area contributed by atoms with Gasteiger partial charge in [0, 0.05) is 63.6 Å². The zero-order valence-electron chi connectivity index (χ0n) is 37.5. The highest BCUT2D eigenvalue weighted by atomic mass is 16.5. The molecular formula is C48H73N3O7. The number of fused-ring (bicyclic) bond motifs is 7. The van der Waals surface area contributed by atoms with Crippen LogP contribution >= 0.6 is 0 Å². The topological polar surface area (TPSA) is 137 Å². The van der Waals surface area contributed by atoms with Crippen LogP contribution in [0.3, 0.4) is 0 Å². The van der Waals surface area contributed by atoms with Gasteiger partial charge in [0.2, 0.25) is 5.91 Å². The van der Waals surface area contributed by atoms with Crippen molar-refractivity contribution in [1.82, 2.24) is 14.8 Å². The summed E-state index contributed by atoms with van der Waals surface area (Å²) in [5.74, 6) is -0.187. The number of carboxylic acids is 1. The monoisotopic (exact) mass is 804 g/mol. The number of esters is 1. The third-order valence-electron chi connectivity index (χ3n) is 17.3. The number of Topliss-reactive ketones (excluding diaryl/α,β-unsaturated/α-hetero) is 1. The van der Waals surface area contributed by atoms with Crippen molar-refractivity contribution in [3.63, 3.8) is 0 Å². The Morgan fingerprint density at radius 3 is 2.28 bits per heavy atom. The van der Waals surface area contributed by atoms with Crippen LogP contribution in [0.5, 0.6) is 0 Å². The molecule has 1 aromatic heterocycles. The molecule has 0 spiro atoms. The molecule has 0 aromatic carbocycles. The summed E-state index contributed by atoms with van der Waals surface area (Å²) in [7, 11) is 1.81. The van der Waals surface area contributed by atoms with Crippen LogP contribution in [0.4, 0.5) is 0 Å². The minimum absolute atomic E-state index is 0.000758. The number of aliphatic carboxylic acids is 1. The van der Waals surface area contributed by atoms with Gasteiger partial charge in [-0.1, -0.05) is 60.1 Å². The number of carboxylic acid groups (broad SMARTS) is 1. The summed E-state index contributed by atoms with van der Waals surface area (Å²) in [6.45, 7) is 23.2. The Labute approximate surface area is 347 Å². The lowest BCUT2D eigenvalue weighted by molar-refractivity contribution is -0.235. The van der Waals surface area contributed by atoms with Crippen LogP contribution in [-0.4, -0.2) is 87.5 Å². The lowest BCUT2D eigenvalue weighted by atomic mass is 9.33. The molecule has 1 amide bonds. The van der Waals surface area contributed by atoms with Crippen molar-refractivity contribution in [2.45, 2.75) is 152 Å². The first kappa shape index (κ1) is 44.4. The molecule has 1 aromatic rings. The largest absolute Gasteiger partial charge is 0.481 e. The molecular weight excluding hydrogens is 731 g/mol. The minimum atomic E-state index is -1.18. The summed E-state index contributed by atoms with van der Waals surface area (Å²) in [6.07, 6.45) is 8.50. The number of aliphatic hydroxyl groups is 1. The standard InChI is InChI=1S/C48H73N3O7/c1-30(2)40-34(53)26-48(37(54)29-51(25-24-50(11)31(3)52)28-32-14-12-13-23-49-32)22-21-46(9)33(41(40)48)15-16-36-45(8)19-18-38(58-39(55)27-43(4,5)42(56)57)44(6,7)35(45)17-20-47(36,46)10/h12-14,23,30,33,35-38,54H,15-22,24-29H2,1-11H3,(H,56,57). The van der Waals surface area contributed by atoms with Crippen LogP contribution in [0.1, 0.15) is 139 Å². The van der Waals surface area contributed by atoms with Crippen molar-refractivity contribution in [2.75, 3.05) is 26.7 Å². The molecule has 1 heterocycles. The first-order valence-electron chi connectivity index (χ1n) is 22.2. The second-order valence-electron chi connectivity index (χ2n) is 21.6. The van der Waals surface area contributed by atoms with E-state index < -0.39 is 28.9 Å². The molecule has 9 atom stereocenters. The van der Waals surface area contributed by atoms with Gasteiger partial charge in [-0.2, -0.15) is 0 Å². The number of hydrogen-bond acceptors (Lipinski definition) is 8. The average molecular weight is 804 g/mol. The number of nitrogens with zero attached hydrogens (tertiary/aromatic N) is 3. The first-order chi connectivity index (χ1) is 26.9. The third-order valence-corrected chi connectivity index (χ3v) is 17.3. The van der Waals surface area contributed by atoms with Crippen LogP contribution in [0.25, 0.3) is 0 Å². The van der Waals surface area contributed by atoms with Crippen molar-refractivity contribution in [3.05, 3.63) is 41.2 Å². The highest BCUT2D eigenvalue weighted by Crippen LogP contribution is 2.77. The molecule has 0 saturated heterocycles. The lowest BCUT2D eigenvalue weighted by Gasteiger charge is -2.72. The highest BCUT2D eigenvalue weighted by Gasteiger charge is 2.71. The molecule has 5 aliphatic rings. The van der Waals surface area contributed by atoms with E-state index in [2.05, 4.69) is 58.4 Å². The fourth-order valence-corrected chi connectivity index (χ4v) is 13.7. The molecule has 10 nitrogen and oxygen atoms in total. The van der Waals surface area contributed by atoms with E-state index in [1.165, 1.54) is 5.57 Å². The summed E-state index contributed by atoms with van der Waals surface area (Å²) >= 11 is 0. The van der Waals surface area contributed by atoms with Gasteiger partial charge in [0.25, 0.3) is 0 Å². The van der Waals surface area contributed by atoms with Crippen LogP contribution in [-0.2, 0) is 30.5 Å². The smallest absolute Gasteiger partial charge is 0.309 e. The molecule has 0 radical (unpaired) electrons. The zero-order chi connectivity index (χ0) is 42.8. The molecule has 0 aliphatic heterocycles. The quantitative estimate of drug-likeness (QED) is 0.190. The molecule has 4 fully saturated rings. The Balaban J connectivity index is 1.29. The number of ketones is 1. The van der Waals surface area contributed by atoms with Gasteiger partial charge < -0.3 is 19.8 Å². The number of carbonyl (C=O) groups excluding carboxylic acids is 3. The van der Waals surface area contributed by atoms with E-state index >= 15 is 0 Å². The molecule has 10 heteroatoms. The Morgan fingerprint density at radius 1 is 0.948 bits per heavy atom. The number of ether oxygens (including phenoxy) is 1. The second-order valence-corrected chi connectivity index (χ2v) is 21.6. The van der Waals surface area contributed by atoms with Crippen molar-refractivity contribution in [2.24, 2.45) is 56.2 Å². The van der Waals surface area contributed by atoms with Crippen molar-refractivity contribution < 1.29 is 34.1 Å². The number of amides is 1. The Kier molecular flexibility index (Phi) is 12.1. The van der Waals surface area contributed by atoms with Crippen molar-refractivity contribution in [3.8, 4) is 0 Å². The molecule has 322 valence electrons. The fourth-order valence-electron chi connectivity index (χ4n) is 13.7. The number of aromatic nitrogens is 1. The molecule has 2 N–H and O–H groups in total. The molecule has 58 heavy (non-hydrogen) atoms. The van der Waals surface area contributed by atoms with E-state index in [1.54, 1.807) is 31.9 Å². The van der Waals surface area contributed by atoms with Gasteiger partial charge in [-0.3, -0.25) is 29.1 Å². The van der Waals surface area contributed by atoms with Gasteiger partial charge in [0.05, 0.1) is 23.6 Å². The maximum absolute atomic E-state index is 14.3. The van der Waals surface area contributed by atoms with E-state index in [4.69, 9.17) is 4.74 Å². The van der Waals surface area contributed by atoms with Crippen molar-refractivity contribution in [1.29, 1.82) is 0 Å². The van der Waals surface area contributed by atoms with Gasteiger partial charge in [0.15, 0.2) is 5.78 Å². The summed E-state index contributed by atoms with van der Waals surface area (Å²) in [5.41, 5.74) is 1.00. The van der Waals surface area contributed by atoms with Gasteiger partial charge in [-0.25, -0.2) is 0 Å². The number of rotatable bonds is 13. The first-order valence-corrected chi connectivity index (χ1v) is 22.2. The summed E-state index contributed by atoms with van der Waals surface area (Å²) in [5, 5.41) is 22.3. The molecule has 0 bridgehead atoms. The average Bonchev–Trinajstić information content (AvgIpc) is 3.45. The number of allylic oxidation sites excluding steroid dienone is 1. The van der Waals surface area contributed by atoms with Crippen LogP contribution < -0.4 is 0 Å². The van der Waals surface area contributed by atoms with Crippen LogP contribution in [0.15, 0.2) is 35.5 Å². The van der Waals surface area contributed by atoms with Gasteiger partial charge >= 0.3 is 11.9 Å². The van der Waals surface area contributed by atoms with Gasteiger partial charge in [0.1, 0.15) is 6.10 Å². The predicted octanol–water partition coefficient (Wildman–Crippen LogP) is 8.12. The molecule has 9 unspecified atom stereocenters. The molecule has 6 rings (SSSR count). The number of aliphatic hydroxyl groups excluding tert-OH is 1. The number of pyridine rings is 1. The van der Waals surface area contributed by atoms with Crippen LogP contribution in [0.2, 0.25) is 0 Å². The third kappa shape index (κ3) is 7.38. The van der Waals surface area contributed by atoms with Gasteiger partial charge in [-0.05, 0) is 123 Å². The number of likely N-dealkylation sites (N-methyl/N-ethyl adjacent to an activating group) is 1.